The summed E-state index contributed by atoms with van der Waals surface area (Å²) in [5.41, 5.74) is 0.525. The van der Waals surface area contributed by atoms with Gasteiger partial charge in [0.15, 0.2) is 18.1 Å². The van der Waals surface area contributed by atoms with Gasteiger partial charge in [0.05, 0.1) is 7.11 Å². The van der Waals surface area contributed by atoms with Crippen molar-refractivity contribution in [3.05, 3.63) is 29.8 Å². The van der Waals surface area contributed by atoms with Gasteiger partial charge in [0.2, 0.25) is 0 Å². The molecule has 6 nitrogen and oxygen atoms in total. The minimum absolute atomic E-state index is 0.105. The van der Waals surface area contributed by atoms with Crippen LogP contribution in [0.25, 0.3) is 6.08 Å². The molecule has 0 spiro atoms. The van der Waals surface area contributed by atoms with Crippen LogP contribution in [0, 0.1) is 5.92 Å². The molecule has 0 aliphatic heterocycles. The monoisotopic (exact) mass is 397 g/mol. The highest BCUT2D eigenvalue weighted by Crippen LogP contribution is 2.29. The minimum Gasteiger partial charge on any atom is -0.493 e. The third kappa shape index (κ3) is 7.54. The number of amides is 1. The maximum atomic E-state index is 12.3. The Hall–Kier alpha value is -2.64. The molecule has 0 heterocycles. The number of ether oxygens (including phenoxy) is 3. The Morgan fingerprint density at radius 2 is 1.96 bits per heavy atom. The van der Waals surface area contributed by atoms with E-state index in [-0.39, 0.29) is 24.0 Å². The third-order valence-electron chi connectivity index (χ3n) is 4.47. The second-order valence-electron chi connectivity index (χ2n) is 6.54. The second kappa shape index (κ2) is 11.3. The third-order valence-corrected chi connectivity index (χ3v) is 4.47. The van der Waals surface area contributed by atoms with Crippen LogP contribution < -0.4 is 14.8 Å². The van der Waals surface area contributed by atoms with Gasteiger partial charge in [-0.15, -0.1) is 0 Å². The summed E-state index contributed by atoms with van der Waals surface area (Å²) in [7, 11) is 1.32. The first kappa shape index (κ1) is 21.7. The van der Waals surface area contributed by atoms with Crippen molar-refractivity contribution in [1.82, 2.24) is 5.32 Å². The molecule has 1 aromatic rings. The molecular weight excluding hydrogens is 372 g/mol. The van der Waals surface area contributed by atoms with E-state index in [2.05, 4.69) is 10.1 Å². The van der Waals surface area contributed by atoms with E-state index in [1.807, 2.05) is 0 Å². The molecule has 0 radical (unpaired) electrons. The van der Waals surface area contributed by atoms with Gasteiger partial charge in [0, 0.05) is 12.6 Å². The zero-order valence-electron chi connectivity index (χ0n) is 15.8. The van der Waals surface area contributed by atoms with Crippen LogP contribution in [-0.2, 0) is 14.3 Å². The number of hydrogen-bond donors (Lipinski definition) is 1. The highest BCUT2D eigenvalue weighted by atomic mass is 19.3. The molecular formula is C20H25F2NO5. The lowest BCUT2D eigenvalue weighted by atomic mass is 9.89. The minimum atomic E-state index is -2.96. The van der Waals surface area contributed by atoms with Crippen LogP contribution in [0.1, 0.15) is 37.7 Å². The van der Waals surface area contributed by atoms with E-state index < -0.39 is 12.6 Å². The molecule has 28 heavy (non-hydrogen) atoms. The Labute approximate surface area is 162 Å². The van der Waals surface area contributed by atoms with Crippen molar-refractivity contribution in [3.8, 4) is 11.5 Å². The Balaban J connectivity index is 1.77. The summed E-state index contributed by atoms with van der Waals surface area (Å²) in [6.45, 7) is -2.70. The van der Waals surface area contributed by atoms with Crippen molar-refractivity contribution in [2.45, 2.75) is 38.7 Å². The van der Waals surface area contributed by atoms with Gasteiger partial charge in [-0.3, -0.25) is 4.79 Å². The number of benzene rings is 1. The quantitative estimate of drug-likeness (QED) is 0.510. The van der Waals surface area contributed by atoms with E-state index in [1.165, 1.54) is 50.6 Å². The molecule has 2 rings (SSSR count). The number of methoxy groups -OCH3 is 1. The van der Waals surface area contributed by atoms with Crippen LogP contribution in [0.4, 0.5) is 8.78 Å². The van der Waals surface area contributed by atoms with Crippen LogP contribution in [0.15, 0.2) is 24.3 Å². The van der Waals surface area contributed by atoms with Crippen molar-refractivity contribution in [2.75, 3.05) is 20.3 Å². The fourth-order valence-corrected chi connectivity index (χ4v) is 3.03. The average Bonchev–Trinajstić information content (AvgIpc) is 2.70. The summed E-state index contributed by atoms with van der Waals surface area (Å²) in [6.07, 6.45) is 8.46. The second-order valence-corrected chi connectivity index (χ2v) is 6.54. The SMILES string of the molecule is COc1cc(/C=C/C(=O)OCC(=O)NCC2CCCCC2)ccc1OC(F)F. The largest absolute Gasteiger partial charge is 0.493 e. The molecule has 1 saturated carbocycles. The van der Waals surface area contributed by atoms with Crippen LogP contribution in [0.5, 0.6) is 11.5 Å². The van der Waals surface area contributed by atoms with Gasteiger partial charge in [0.25, 0.3) is 5.91 Å². The first-order chi connectivity index (χ1) is 13.5. The summed E-state index contributed by atoms with van der Waals surface area (Å²) in [4.78, 5) is 23.5. The molecule has 0 atom stereocenters. The van der Waals surface area contributed by atoms with Gasteiger partial charge in [-0.05, 0) is 42.5 Å². The maximum Gasteiger partial charge on any atom is 0.387 e. The fourth-order valence-electron chi connectivity index (χ4n) is 3.03. The van der Waals surface area contributed by atoms with Gasteiger partial charge < -0.3 is 19.5 Å². The summed E-state index contributed by atoms with van der Waals surface area (Å²) >= 11 is 0. The topological polar surface area (TPSA) is 73.9 Å². The number of rotatable bonds is 9. The summed E-state index contributed by atoms with van der Waals surface area (Å²) in [5, 5.41) is 2.79. The van der Waals surface area contributed by atoms with Gasteiger partial charge in [0.1, 0.15) is 0 Å². The molecule has 0 bridgehead atoms. The number of hydrogen-bond acceptors (Lipinski definition) is 5. The molecule has 0 saturated heterocycles. The molecule has 8 heteroatoms. The van der Waals surface area contributed by atoms with Crippen molar-refractivity contribution in [3.63, 3.8) is 0 Å². The lowest BCUT2D eigenvalue weighted by molar-refractivity contribution is -0.143. The van der Waals surface area contributed by atoms with Crippen molar-refractivity contribution in [1.29, 1.82) is 0 Å². The predicted octanol–water partition coefficient (Wildman–Crippen LogP) is 3.55. The van der Waals surface area contributed by atoms with Gasteiger partial charge in [-0.25, -0.2) is 4.79 Å². The highest BCUT2D eigenvalue weighted by Gasteiger charge is 2.15. The normalized spacial score (nSPS) is 14.9. The van der Waals surface area contributed by atoms with Crippen molar-refractivity contribution < 1.29 is 32.6 Å². The fraction of sp³-hybridized carbons (Fsp3) is 0.500. The molecule has 1 fully saturated rings. The van der Waals surface area contributed by atoms with Gasteiger partial charge in [-0.1, -0.05) is 25.3 Å². The molecule has 1 aliphatic rings. The number of halogens is 2. The Kier molecular flexibility index (Phi) is 8.71. The van der Waals surface area contributed by atoms with E-state index in [0.717, 1.165) is 18.9 Å². The van der Waals surface area contributed by atoms with Gasteiger partial charge >= 0.3 is 12.6 Å². The van der Waals surface area contributed by atoms with Crippen molar-refractivity contribution in [2.24, 2.45) is 5.92 Å². The first-order valence-electron chi connectivity index (χ1n) is 9.22. The number of nitrogens with one attached hydrogen (secondary N) is 1. The number of carbonyl (C=O) groups excluding carboxylic acids is 2. The summed E-state index contributed by atoms with van der Waals surface area (Å²) < 4.78 is 38.9. The number of esters is 1. The lowest BCUT2D eigenvalue weighted by Crippen LogP contribution is -2.33. The van der Waals surface area contributed by atoms with Crippen LogP contribution in [0.3, 0.4) is 0 Å². The summed E-state index contributed by atoms with van der Waals surface area (Å²) in [6, 6.07) is 4.24. The average molecular weight is 397 g/mol. The molecule has 1 amide bonds. The summed E-state index contributed by atoms with van der Waals surface area (Å²) in [5.74, 6) is -0.507. The van der Waals surface area contributed by atoms with Crippen LogP contribution in [0.2, 0.25) is 0 Å². The van der Waals surface area contributed by atoms with E-state index in [9.17, 15) is 18.4 Å². The van der Waals surface area contributed by atoms with E-state index >= 15 is 0 Å². The maximum absolute atomic E-state index is 12.3. The molecule has 0 aromatic heterocycles. The van der Waals surface area contributed by atoms with E-state index in [1.54, 1.807) is 0 Å². The van der Waals surface area contributed by atoms with Gasteiger partial charge in [-0.2, -0.15) is 8.78 Å². The Bertz CT molecular complexity index is 687. The predicted molar refractivity (Wildman–Crippen MR) is 99.2 cm³/mol. The van der Waals surface area contributed by atoms with Crippen LogP contribution in [-0.4, -0.2) is 38.7 Å². The lowest BCUT2D eigenvalue weighted by Gasteiger charge is -2.21. The standard InChI is InChI=1S/C20H25F2NO5/c1-26-17-11-14(7-9-16(17)28-20(21)22)8-10-19(25)27-13-18(24)23-12-15-5-3-2-4-6-15/h7-11,15,20H,2-6,12-13H2,1H3,(H,23,24)/b10-8+. The Morgan fingerprint density at radius 1 is 1.21 bits per heavy atom. The highest BCUT2D eigenvalue weighted by molar-refractivity contribution is 5.89. The smallest absolute Gasteiger partial charge is 0.387 e. The van der Waals surface area contributed by atoms with Crippen molar-refractivity contribution >= 4 is 18.0 Å². The zero-order chi connectivity index (χ0) is 20.4. The molecule has 1 aromatic carbocycles. The zero-order valence-corrected chi connectivity index (χ0v) is 15.8. The first-order valence-corrected chi connectivity index (χ1v) is 9.22. The molecule has 154 valence electrons. The molecule has 1 aliphatic carbocycles. The number of alkyl halides is 2. The van der Waals surface area contributed by atoms with E-state index in [4.69, 9.17) is 9.47 Å². The Morgan fingerprint density at radius 3 is 2.64 bits per heavy atom. The van der Waals surface area contributed by atoms with Crippen LogP contribution >= 0.6 is 0 Å². The van der Waals surface area contributed by atoms with E-state index in [0.29, 0.717) is 18.0 Å². The molecule has 1 N–H and O–H groups in total. The number of carbonyl (C=O) groups is 2. The molecule has 0 unspecified atom stereocenters.